The van der Waals surface area contributed by atoms with Crippen LogP contribution in [0.25, 0.3) is 55.3 Å². The summed E-state index contributed by atoms with van der Waals surface area (Å²) in [6.07, 6.45) is 4.95. The Morgan fingerprint density at radius 2 is 0.757 bits per heavy atom. The summed E-state index contributed by atoms with van der Waals surface area (Å²) in [5.74, 6) is 2.41. The second-order valence-corrected chi connectivity index (χ2v) is 21.9. The maximum Gasteiger partial charge on any atom is 0.136 e. The molecule has 2 bridgehead atoms. The molecule has 0 amide bonds. The van der Waals surface area contributed by atoms with Crippen LogP contribution in [-0.2, 0) is 10.8 Å². The maximum atomic E-state index is 6.38. The zero-order valence-corrected chi connectivity index (χ0v) is 42.2. The van der Waals surface area contributed by atoms with Crippen molar-refractivity contribution in [1.82, 2.24) is 0 Å². The van der Waals surface area contributed by atoms with Gasteiger partial charge < -0.3 is 9.32 Å². The molecule has 0 saturated heterocycles. The summed E-state index contributed by atoms with van der Waals surface area (Å²) in [4.78, 5) is 2.51. The number of nitrogens with zero attached hydrogens (tertiary/aromatic N) is 1. The minimum absolute atomic E-state index is 0.144. The summed E-state index contributed by atoms with van der Waals surface area (Å²) in [6.45, 7) is 5.04. The van der Waals surface area contributed by atoms with Gasteiger partial charge in [-0.1, -0.05) is 208 Å². The average Bonchev–Trinajstić information content (AvgIpc) is 3.87. The molecule has 0 radical (unpaired) electrons. The van der Waals surface area contributed by atoms with Crippen LogP contribution in [0.1, 0.15) is 72.9 Å². The Balaban J connectivity index is 0.967. The van der Waals surface area contributed by atoms with Gasteiger partial charge in [0.25, 0.3) is 0 Å². The molecule has 1 spiro atoms. The lowest BCUT2D eigenvalue weighted by atomic mass is 9.41. The van der Waals surface area contributed by atoms with Gasteiger partial charge in [-0.25, -0.2) is 0 Å². The third-order valence-electron chi connectivity index (χ3n) is 17.6. The first-order chi connectivity index (χ1) is 36.5. The highest BCUT2D eigenvalue weighted by Crippen LogP contribution is 2.67. The molecule has 14 rings (SSSR count). The van der Waals surface area contributed by atoms with E-state index in [4.69, 9.17) is 4.42 Å². The zero-order valence-electron chi connectivity index (χ0n) is 42.2. The monoisotopic (exact) mass is 953 g/mol. The lowest BCUT2D eigenvalue weighted by molar-refractivity contribution is 0.0238. The first kappa shape index (κ1) is 44.5. The fourth-order valence-electron chi connectivity index (χ4n) is 14.7. The lowest BCUT2D eigenvalue weighted by Gasteiger charge is -2.62. The highest BCUT2D eigenvalue weighted by atomic mass is 16.3. The van der Waals surface area contributed by atoms with E-state index in [9.17, 15) is 0 Å². The van der Waals surface area contributed by atoms with Crippen LogP contribution in [0.2, 0.25) is 0 Å². The Morgan fingerprint density at radius 3 is 1.34 bits per heavy atom. The Kier molecular flexibility index (Phi) is 10.7. The topological polar surface area (TPSA) is 16.4 Å². The molecule has 11 aromatic rings. The Hall–Kier alpha value is -8.20. The van der Waals surface area contributed by atoms with Crippen molar-refractivity contribution in [3.63, 3.8) is 0 Å². The van der Waals surface area contributed by atoms with Crippen LogP contribution in [0.5, 0.6) is 0 Å². The Labute approximate surface area is 435 Å². The van der Waals surface area contributed by atoms with Gasteiger partial charge in [0.15, 0.2) is 0 Å². The van der Waals surface area contributed by atoms with Gasteiger partial charge in [-0.15, -0.1) is 0 Å². The third kappa shape index (κ3) is 6.98. The summed E-state index contributed by atoms with van der Waals surface area (Å²) < 4.78 is 6.38. The molecule has 1 heterocycles. The number of benzene rings is 10. The molecule has 2 saturated carbocycles. The van der Waals surface area contributed by atoms with Gasteiger partial charge >= 0.3 is 0 Å². The van der Waals surface area contributed by atoms with E-state index in [1.165, 1.54) is 87.0 Å². The molecule has 1 aromatic heterocycles. The van der Waals surface area contributed by atoms with E-state index >= 15 is 0 Å². The summed E-state index contributed by atoms with van der Waals surface area (Å²) >= 11 is 0. The summed E-state index contributed by atoms with van der Waals surface area (Å²) in [7, 11) is 0. The SMILES string of the molecule is C[C@H]1C[C@@H]2C[C@@H](C)C[C@H](C1)C21c2ccccc2C(c2ccccc2)(c2ccccc2)c2ccc(N(c3ccc(-c4ccc(-c5ccccc5)cc4)cc3)c3ccc(-c4ccc5c(c4)oc4ccccc45)cc3)cc21. The predicted octanol–water partition coefficient (Wildman–Crippen LogP) is 19.1. The van der Waals surface area contributed by atoms with Crippen molar-refractivity contribution in [2.45, 2.75) is 50.4 Å². The average molecular weight is 954 g/mol. The molecular formula is C72H59NO. The predicted molar refractivity (Wildman–Crippen MR) is 308 cm³/mol. The molecule has 0 unspecified atom stereocenters. The Morgan fingerprint density at radius 1 is 0.338 bits per heavy atom. The van der Waals surface area contributed by atoms with E-state index in [0.29, 0.717) is 23.7 Å². The molecule has 2 nitrogen and oxygen atoms in total. The second kappa shape index (κ2) is 17.8. The van der Waals surface area contributed by atoms with Crippen molar-refractivity contribution in [3.05, 3.63) is 282 Å². The van der Waals surface area contributed by atoms with Crippen LogP contribution in [0, 0.1) is 23.7 Å². The van der Waals surface area contributed by atoms with Gasteiger partial charge in [0.1, 0.15) is 11.2 Å². The Bertz CT molecular complexity index is 3750. The van der Waals surface area contributed by atoms with Crippen molar-refractivity contribution in [1.29, 1.82) is 0 Å². The molecule has 0 N–H and O–H groups in total. The van der Waals surface area contributed by atoms with Gasteiger partial charge in [-0.05, 0) is 171 Å². The van der Waals surface area contributed by atoms with Crippen molar-refractivity contribution in [3.8, 4) is 33.4 Å². The van der Waals surface area contributed by atoms with Crippen molar-refractivity contribution >= 4 is 39.0 Å². The fraction of sp³-hybridized carbons (Fsp3) is 0.167. The van der Waals surface area contributed by atoms with Crippen LogP contribution in [0.3, 0.4) is 0 Å². The van der Waals surface area contributed by atoms with Crippen LogP contribution < -0.4 is 4.90 Å². The first-order valence-electron chi connectivity index (χ1n) is 26.9. The first-order valence-corrected chi connectivity index (χ1v) is 26.9. The summed E-state index contributed by atoms with van der Waals surface area (Å²) in [5, 5.41) is 2.29. The third-order valence-corrected chi connectivity index (χ3v) is 17.6. The van der Waals surface area contributed by atoms with Gasteiger partial charge in [0.05, 0.1) is 5.41 Å². The van der Waals surface area contributed by atoms with Crippen LogP contribution in [-0.4, -0.2) is 0 Å². The van der Waals surface area contributed by atoms with E-state index in [0.717, 1.165) is 44.4 Å². The van der Waals surface area contributed by atoms with Crippen LogP contribution in [0.15, 0.2) is 253 Å². The number of rotatable bonds is 8. The van der Waals surface area contributed by atoms with Gasteiger partial charge in [-0.3, -0.25) is 0 Å². The van der Waals surface area contributed by atoms with Crippen molar-refractivity contribution in [2.75, 3.05) is 4.90 Å². The molecule has 2 heteroatoms. The number of anilines is 3. The highest BCUT2D eigenvalue weighted by molar-refractivity contribution is 6.06. The van der Waals surface area contributed by atoms with Crippen molar-refractivity contribution < 1.29 is 4.42 Å². The maximum absolute atomic E-state index is 6.38. The van der Waals surface area contributed by atoms with Gasteiger partial charge in [0, 0.05) is 33.2 Å². The molecular weight excluding hydrogens is 895 g/mol. The van der Waals surface area contributed by atoms with Crippen molar-refractivity contribution in [2.24, 2.45) is 23.7 Å². The minimum Gasteiger partial charge on any atom is -0.456 e. The minimum atomic E-state index is -0.521. The lowest BCUT2D eigenvalue weighted by Crippen LogP contribution is -2.56. The molecule has 74 heavy (non-hydrogen) atoms. The summed E-state index contributed by atoms with van der Waals surface area (Å²) in [5.41, 5.74) is 20.2. The number of hydrogen-bond donors (Lipinski definition) is 0. The van der Waals surface area contributed by atoms with E-state index in [1.807, 2.05) is 6.07 Å². The molecule has 2 fully saturated rings. The molecule has 3 aliphatic carbocycles. The number of fused-ring (bicyclic) bond motifs is 5. The van der Waals surface area contributed by atoms with Crippen LogP contribution >= 0.6 is 0 Å². The van der Waals surface area contributed by atoms with E-state index in [-0.39, 0.29) is 5.41 Å². The van der Waals surface area contributed by atoms with E-state index in [2.05, 4.69) is 261 Å². The van der Waals surface area contributed by atoms with E-state index in [1.54, 1.807) is 0 Å². The highest BCUT2D eigenvalue weighted by Gasteiger charge is 2.61. The molecule has 0 atom stereocenters. The fourth-order valence-corrected chi connectivity index (χ4v) is 14.7. The molecule has 10 aromatic carbocycles. The normalized spacial score (nSPS) is 20.5. The zero-order chi connectivity index (χ0) is 49.4. The molecule has 3 aliphatic rings. The largest absolute Gasteiger partial charge is 0.456 e. The molecule has 358 valence electrons. The second-order valence-electron chi connectivity index (χ2n) is 21.9. The standard InChI is InChI=1S/C72H59NO/c1-48-42-58-44-49(2)45-59(43-48)72(58)66-24-14-13-23-65(66)71(56-18-8-4-9-19-56,57-20-10-5-11-21-57)67-41-39-62(47-68(67)72)73(60-35-30-53(31-36-60)52-28-26-51(27-29-52)50-16-6-3-7-17-50)61-37-32-54(33-38-61)55-34-40-64-63-22-12-15-25-69(63)74-70(64)46-55/h3-41,46-49,58-59H,42-45H2,1-2H3/t48-,49+,58+,59-,72?. The number of furan rings is 1. The number of para-hydroxylation sites is 1. The van der Waals surface area contributed by atoms with Crippen LogP contribution in [0.4, 0.5) is 17.1 Å². The quantitative estimate of drug-likeness (QED) is 0.151. The van der Waals surface area contributed by atoms with Gasteiger partial charge in [-0.2, -0.15) is 0 Å². The smallest absolute Gasteiger partial charge is 0.136 e. The molecule has 0 aliphatic heterocycles. The van der Waals surface area contributed by atoms with E-state index < -0.39 is 5.41 Å². The summed E-state index contributed by atoms with van der Waals surface area (Å²) in [6, 6.07) is 93.2. The van der Waals surface area contributed by atoms with Gasteiger partial charge in [0.2, 0.25) is 0 Å². The number of hydrogen-bond acceptors (Lipinski definition) is 2.